The lowest BCUT2D eigenvalue weighted by Gasteiger charge is -2.17. The molecule has 0 saturated carbocycles. The van der Waals surface area contributed by atoms with Crippen molar-refractivity contribution in [2.75, 3.05) is 6.61 Å². The Morgan fingerprint density at radius 3 is 2.58 bits per heavy atom. The fraction of sp³-hybridized carbons (Fsp3) is 0.636. The van der Waals surface area contributed by atoms with E-state index in [2.05, 4.69) is 4.98 Å². The highest BCUT2D eigenvalue weighted by Gasteiger charge is 2.43. The normalized spacial score (nSPS) is 30.7. The zero-order valence-corrected chi connectivity index (χ0v) is 10.3. The summed E-state index contributed by atoms with van der Waals surface area (Å²) in [5.74, 6) is 0. The zero-order chi connectivity index (χ0) is 14.2. The molecule has 0 amide bonds. The van der Waals surface area contributed by atoms with Crippen molar-refractivity contribution < 1.29 is 20.1 Å². The molecular weight excluding hydrogens is 256 g/mol. The predicted octanol–water partition coefficient (Wildman–Crippen LogP) is -2.29. The zero-order valence-electron chi connectivity index (χ0n) is 10.3. The lowest BCUT2D eigenvalue weighted by atomic mass is 10.1. The molecule has 2 heterocycles. The molecule has 0 radical (unpaired) electrons. The molecule has 1 fully saturated rings. The number of aromatic amines is 1. The third-order valence-corrected chi connectivity index (χ3v) is 3.21. The number of nitrogens with one attached hydrogen (secondary N) is 1. The largest absolute Gasteiger partial charge is 0.394 e. The van der Waals surface area contributed by atoms with Crippen LogP contribution in [0.3, 0.4) is 0 Å². The molecule has 8 heteroatoms. The minimum atomic E-state index is -1.36. The Morgan fingerprint density at radius 2 is 2.05 bits per heavy atom. The summed E-state index contributed by atoms with van der Waals surface area (Å²) in [5, 5.41) is 28.5. The van der Waals surface area contributed by atoms with Gasteiger partial charge in [0, 0.05) is 11.8 Å². The second-order valence-electron chi connectivity index (χ2n) is 4.40. The standard InChI is InChI=1S/C11H16N2O6/c1-2-5-3-13(11(18)12-9(5)17)10-8(16)7(15)6(4-14)19-10/h3,6-8,10,14-16H,2,4H2,1H3,(H,12,17,18)/t6-,7-,8-,10+/m1/s1. The van der Waals surface area contributed by atoms with Gasteiger partial charge in [-0.3, -0.25) is 14.3 Å². The smallest absolute Gasteiger partial charge is 0.330 e. The molecule has 2 rings (SSSR count). The van der Waals surface area contributed by atoms with Crippen LogP contribution < -0.4 is 11.2 Å². The van der Waals surface area contributed by atoms with Gasteiger partial charge in [-0.15, -0.1) is 0 Å². The average Bonchev–Trinajstić information content (AvgIpc) is 2.67. The molecule has 4 N–H and O–H groups in total. The van der Waals surface area contributed by atoms with E-state index in [-0.39, 0.29) is 0 Å². The van der Waals surface area contributed by atoms with Crippen LogP contribution in [0.15, 0.2) is 15.8 Å². The summed E-state index contributed by atoms with van der Waals surface area (Å²) in [6.07, 6.45) is -3.05. The molecule has 106 valence electrons. The predicted molar refractivity (Wildman–Crippen MR) is 63.7 cm³/mol. The number of aromatic nitrogens is 2. The number of aryl methyl sites for hydroxylation is 1. The van der Waals surface area contributed by atoms with E-state index in [0.29, 0.717) is 12.0 Å². The van der Waals surface area contributed by atoms with Crippen molar-refractivity contribution in [2.45, 2.75) is 37.9 Å². The third-order valence-electron chi connectivity index (χ3n) is 3.21. The number of ether oxygens (including phenoxy) is 1. The molecule has 0 aromatic carbocycles. The first-order valence-corrected chi connectivity index (χ1v) is 5.96. The Bertz CT molecular complexity index is 565. The van der Waals surface area contributed by atoms with Crippen molar-refractivity contribution in [3.63, 3.8) is 0 Å². The van der Waals surface area contributed by atoms with Gasteiger partial charge in [0.1, 0.15) is 18.3 Å². The lowest BCUT2D eigenvalue weighted by molar-refractivity contribution is -0.0551. The highest BCUT2D eigenvalue weighted by atomic mass is 16.6. The quantitative estimate of drug-likeness (QED) is 0.491. The Labute approximate surface area is 107 Å². The fourth-order valence-corrected chi connectivity index (χ4v) is 2.08. The summed E-state index contributed by atoms with van der Waals surface area (Å²) in [5.41, 5.74) is -0.870. The number of aliphatic hydroxyl groups excluding tert-OH is 3. The van der Waals surface area contributed by atoms with Crippen LogP contribution in [0.4, 0.5) is 0 Å². The first-order chi connectivity index (χ1) is 8.99. The van der Waals surface area contributed by atoms with Crippen LogP contribution in [0.1, 0.15) is 18.7 Å². The third kappa shape index (κ3) is 2.35. The molecule has 4 atom stereocenters. The van der Waals surface area contributed by atoms with Crippen molar-refractivity contribution in [3.05, 3.63) is 32.6 Å². The Hall–Kier alpha value is -1.48. The number of rotatable bonds is 3. The van der Waals surface area contributed by atoms with Crippen LogP contribution in [0.5, 0.6) is 0 Å². The number of hydrogen-bond donors (Lipinski definition) is 4. The van der Waals surface area contributed by atoms with E-state index < -0.39 is 42.4 Å². The summed E-state index contributed by atoms with van der Waals surface area (Å²) in [6.45, 7) is 1.27. The van der Waals surface area contributed by atoms with Gasteiger partial charge in [-0.1, -0.05) is 6.92 Å². The summed E-state index contributed by atoms with van der Waals surface area (Å²) >= 11 is 0. The van der Waals surface area contributed by atoms with Gasteiger partial charge < -0.3 is 20.1 Å². The van der Waals surface area contributed by atoms with Crippen LogP contribution in [-0.4, -0.2) is 49.8 Å². The second kappa shape index (κ2) is 5.25. The molecule has 0 bridgehead atoms. The molecule has 0 spiro atoms. The van der Waals surface area contributed by atoms with E-state index in [1.807, 2.05) is 0 Å². The summed E-state index contributed by atoms with van der Waals surface area (Å²) < 4.78 is 6.25. The molecule has 19 heavy (non-hydrogen) atoms. The van der Waals surface area contributed by atoms with E-state index in [1.54, 1.807) is 6.92 Å². The van der Waals surface area contributed by atoms with Gasteiger partial charge in [-0.05, 0) is 6.42 Å². The topological polar surface area (TPSA) is 125 Å². The summed E-state index contributed by atoms with van der Waals surface area (Å²) in [4.78, 5) is 25.3. The molecule has 1 aliphatic rings. The average molecular weight is 272 g/mol. The molecule has 1 aromatic heterocycles. The Balaban J connectivity index is 2.43. The Morgan fingerprint density at radius 1 is 1.37 bits per heavy atom. The highest BCUT2D eigenvalue weighted by molar-refractivity contribution is 5.05. The minimum absolute atomic E-state index is 0.359. The second-order valence-corrected chi connectivity index (χ2v) is 4.40. The molecule has 1 aromatic rings. The van der Waals surface area contributed by atoms with Gasteiger partial charge in [-0.25, -0.2) is 4.79 Å². The van der Waals surface area contributed by atoms with E-state index >= 15 is 0 Å². The lowest BCUT2D eigenvalue weighted by Crippen LogP contribution is -2.38. The monoisotopic (exact) mass is 272 g/mol. The van der Waals surface area contributed by atoms with Gasteiger partial charge in [0.25, 0.3) is 5.56 Å². The molecular formula is C11H16N2O6. The van der Waals surface area contributed by atoms with E-state index in [1.165, 1.54) is 6.20 Å². The van der Waals surface area contributed by atoms with Crippen LogP contribution >= 0.6 is 0 Å². The first-order valence-electron chi connectivity index (χ1n) is 5.96. The molecule has 1 aliphatic heterocycles. The van der Waals surface area contributed by atoms with Crippen LogP contribution in [0.25, 0.3) is 0 Å². The van der Waals surface area contributed by atoms with Crippen LogP contribution in [0, 0.1) is 0 Å². The van der Waals surface area contributed by atoms with Crippen molar-refractivity contribution in [1.29, 1.82) is 0 Å². The van der Waals surface area contributed by atoms with Gasteiger partial charge >= 0.3 is 5.69 Å². The van der Waals surface area contributed by atoms with Crippen molar-refractivity contribution >= 4 is 0 Å². The molecule has 0 unspecified atom stereocenters. The number of nitrogens with zero attached hydrogens (tertiary/aromatic N) is 1. The maximum absolute atomic E-state index is 11.7. The van der Waals surface area contributed by atoms with E-state index in [4.69, 9.17) is 9.84 Å². The van der Waals surface area contributed by atoms with Crippen molar-refractivity contribution in [1.82, 2.24) is 9.55 Å². The van der Waals surface area contributed by atoms with Crippen LogP contribution in [-0.2, 0) is 11.2 Å². The first kappa shape index (κ1) is 13.9. The molecule has 8 nitrogen and oxygen atoms in total. The Kier molecular flexibility index (Phi) is 3.85. The van der Waals surface area contributed by atoms with Gasteiger partial charge in [0.05, 0.1) is 6.61 Å². The van der Waals surface area contributed by atoms with E-state index in [9.17, 15) is 19.8 Å². The van der Waals surface area contributed by atoms with Gasteiger partial charge in [-0.2, -0.15) is 0 Å². The fourth-order valence-electron chi connectivity index (χ4n) is 2.08. The summed E-state index contributed by atoms with van der Waals surface area (Å²) in [7, 11) is 0. The van der Waals surface area contributed by atoms with Gasteiger partial charge in [0.2, 0.25) is 0 Å². The van der Waals surface area contributed by atoms with E-state index in [0.717, 1.165) is 4.57 Å². The maximum Gasteiger partial charge on any atom is 0.330 e. The van der Waals surface area contributed by atoms with Crippen molar-refractivity contribution in [2.24, 2.45) is 0 Å². The minimum Gasteiger partial charge on any atom is -0.394 e. The molecule has 1 saturated heterocycles. The highest BCUT2D eigenvalue weighted by Crippen LogP contribution is 2.27. The molecule has 0 aliphatic carbocycles. The summed E-state index contributed by atoms with van der Waals surface area (Å²) in [6, 6.07) is 0. The number of aliphatic hydroxyl groups is 3. The van der Waals surface area contributed by atoms with Gasteiger partial charge in [0.15, 0.2) is 6.23 Å². The van der Waals surface area contributed by atoms with Crippen LogP contribution in [0.2, 0.25) is 0 Å². The number of H-pyrrole nitrogens is 1. The van der Waals surface area contributed by atoms with Crippen molar-refractivity contribution in [3.8, 4) is 0 Å². The maximum atomic E-state index is 11.7. The SMILES string of the molecule is CCc1cn([C@H]2O[C@H](CO)[C@@H](O)[C@H]2O)c(=O)[nH]c1=O. The number of hydrogen-bond acceptors (Lipinski definition) is 6.